The largest absolute Gasteiger partial charge is 0.369 e. The van der Waals surface area contributed by atoms with Crippen LogP contribution in [0.4, 0.5) is 0 Å². The zero-order valence-corrected chi connectivity index (χ0v) is 14.3. The number of aromatic nitrogens is 1. The van der Waals surface area contributed by atoms with E-state index in [1.165, 1.54) is 10.9 Å². The fraction of sp³-hybridized carbons (Fsp3) is 0.526. The summed E-state index contributed by atoms with van der Waals surface area (Å²) >= 11 is 0. The standard InChI is InChI=1S/C19H28N2O/c1-6-16(14(4)19(5,13(2)3)18(20)22)21-12-11-15-9-7-8-10-17(15)21/h7-14,16H,6H2,1-5H3,(H2,20,22). The molecule has 0 bridgehead atoms. The van der Waals surface area contributed by atoms with Gasteiger partial charge in [0, 0.05) is 17.8 Å². The fourth-order valence-corrected chi connectivity index (χ4v) is 3.62. The molecule has 1 aromatic heterocycles. The Kier molecular flexibility index (Phi) is 4.64. The Morgan fingerprint density at radius 3 is 2.41 bits per heavy atom. The second-order valence-corrected chi connectivity index (χ2v) is 6.85. The van der Waals surface area contributed by atoms with Crippen molar-refractivity contribution in [3.8, 4) is 0 Å². The van der Waals surface area contributed by atoms with Gasteiger partial charge in [-0.05, 0) is 35.8 Å². The SMILES string of the molecule is CCC(C(C)C(C)(C(N)=O)C(C)C)n1ccc2ccccc21. The van der Waals surface area contributed by atoms with Crippen LogP contribution in [0.15, 0.2) is 36.5 Å². The van der Waals surface area contributed by atoms with Gasteiger partial charge in [-0.2, -0.15) is 0 Å². The molecule has 0 spiro atoms. The van der Waals surface area contributed by atoms with Crippen molar-refractivity contribution < 1.29 is 4.79 Å². The molecule has 1 amide bonds. The molecule has 0 aliphatic carbocycles. The van der Waals surface area contributed by atoms with Crippen LogP contribution in [-0.2, 0) is 4.79 Å². The number of benzene rings is 1. The normalized spacial score (nSPS) is 17.4. The Hall–Kier alpha value is -1.77. The van der Waals surface area contributed by atoms with Crippen molar-refractivity contribution in [2.75, 3.05) is 0 Å². The number of nitrogens with two attached hydrogens (primary N) is 1. The summed E-state index contributed by atoms with van der Waals surface area (Å²) in [6.45, 7) is 10.5. The molecule has 0 radical (unpaired) electrons. The lowest BCUT2D eigenvalue weighted by atomic mass is 9.66. The third kappa shape index (κ3) is 2.53. The highest BCUT2D eigenvalue weighted by Crippen LogP contribution is 2.43. The van der Waals surface area contributed by atoms with Gasteiger partial charge in [-0.15, -0.1) is 0 Å². The van der Waals surface area contributed by atoms with Crippen LogP contribution >= 0.6 is 0 Å². The molecule has 0 aliphatic rings. The molecule has 3 heteroatoms. The zero-order chi connectivity index (χ0) is 16.5. The first-order valence-corrected chi connectivity index (χ1v) is 8.19. The number of fused-ring (bicyclic) bond motifs is 1. The summed E-state index contributed by atoms with van der Waals surface area (Å²) in [5, 5.41) is 1.23. The molecule has 3 atom stereocenters. The summed E-state index contributed by atoms with van der Waals surface area (Å²) in [4.78, 5) is 12.2. The molecule has 22 heavy (non-hydrogen) atoms. The molecule has 3 unspecified atom stereocenters. The lowest BCUT2D eigenvalue weighted by molar-refractivity contribution is -0.133. The highest BCUT2D eigenvalue weighted by Gasteiger charge is 2.43. The molecule has 1 aromatic carbocycles. The van der Waals surface area contributed by atoms with E-state index in [4.69, 9.17) is 5.73 Å². The molecular formula is C19H28N2O. The van der Waals surface area contributed by atoms with Crippen LogP contribution in [0.5, 0.6) is 0 Å². The highest BCUT2D eigenvalue weighted by molar-refractivity contribution is 5.82. The van der Waals surface area contributed by atoms with Crippen LogP contribution in [0.3, 0.4) is 0 Å². The number of carbonyl (C=O) groups excluding carboxylic acids is 1. The Morgan fingerprint density at radius 2 is 1.86 bits per heavy atom. The minimum absolute atomic E-state index is 0.158. The molecule has 0 saturated carbocycles. The van der Waals surface area contributed by atoms with Gasteiger partial charge in [0.15, 0.2) is 0 Å². The van der Waals surface area contributed by atoms with E-state index in [-0.39, 0.29) is 23.8 Å². The summed E-state index contributed by atoms with van der Waals surface area (Å²) < 4.78 is 2.31. The average Bonchev–Trinajstić information content (AvgIpc) is 2.90. The summed E-state index contributed by atoms with van der Waals surface area (Å²) in [5.74, 6) is 0.159. The maximum Gasteiger partial charge on any atom is 0.223 e. The minimum atomic E-state index is -0.522. The molecule has 2 N–H and O–H groups in total. The maximum absolute atomic E-state index is 12.2. The van der Waals surface area contributed by atoms with Crippen molar-refractivity contribution >= 4 is 16.8 Å². The summed E-state index contributed by atoms with van der Waals surface area (Å²) in [6, 6.07) is 10.8. The van der Waals surface area contributed by atoms with Gasteiger partial charge in [-0.3, -0.25) is 4.79 Å². The lowest BCUT2D eigenvalue weighted by Crippen LogP contribution is -2.46. The van der Waals surface area contributed by atoms with Gasteiger partial charge in [0.05, 0.1) is 5.41 Å². The second-order valence-electron chi connectivity index (χ2n) is 6.85. The smallest absolute Gasteiger partial charge is 0.223 e. The van der Waals surface area contributed by atoms with Gasteiger partial charge in [0.25, 0.3) is 0 Å². The summed E-state index contributed by atoms with van der Waals surface area (Å²) in [7, 11) is 0. The summed E-state index contributed by atoms with van der Waals surface area (Å²) in [5.41, 5.74) is 6.48. The number of primary amides is 1. The van der Waals surface area contributed by atoms with E-state index in [0.717, 1.165) is 6.42 Å². The van der Waals surface area contributed by atoms with Crippen molar-refractivity contribution in [3.63, 3.8) is 0 Å². The van der Waals surface area contributed by atoms with Crippen molar-refractivity contribution in [1.82, 2.24) is 4.57 Å². The first-order chi connectivity index (χ1) is 10.3. The zero-order valence-electron chi connectivity index (χ0n) is 14.3. The minimum Gasteiger partial charge on any atom is -0.369 e. The van der Waals surface area contributed by atoms with Crippen molar-refractivity contribution in [2.24, 2.45) is 23.0 Å². The molecule has 0 saturated heterocycles. The maximum atomic E-state index is 12.2. The van der Waals surface area contributed by atoms with Crippen molar-refractivity contribution in [1.29, 1.82) is 0 Å². The van der Waals surface area contributed by atoms with E-state index < -0.39 is 5.41 Å². The van der Waals surface area contributed by atoms with Crippen LogP contribution in [-0.4, -0.2) is 10.5 Å². The number of para-hydroxylation sites is 1. The van der Waals surface area contributed by atoms with Crippen LogP contribution < -0.4 is 5.73 Å². The highest BCUT2D eigenvalue weighted by atomic mass is 16.1. The summed E-state index contributed by atoms with van der Waals surface area (Å²) in [6.07, 6.45) is 3.10. The molecule has 3 nitrogen and oxygen atoms in total. The monoisotopic (exact) mass is 300 g/mol. The number of amides is 1. The first kappa shape index (κ1) is 16.6. The molecule has 120 valence electrons. The topological polar surface area (TPSA) is 48.0 Å². The van der Waals surface area contributed by atoms with Crippen LogP contribution in [0.1, 0.15) is 47.1 Å². The Balaban J connectivity index is 2.49. The van der Waals surface area contributed by atoms with Gasteiger partial charge >= 0.3 is 0 Å². The molecule has 0 aliphatic heterocycles. The van der Waals surface area contributed by atoms with Crippen LogP contribution in [0.25, 0.3) is 10.9 Å². The quantitative estimate of drug-likeness (QED) is 0.845. The molecule has 1 heterocycles. The van der Waals surface area contributed by atoms with E-state index >= 15 is 0 Å². The first-order valence-electron chi connectivity index (χ1n) is 8.19. The van der Waals surface area contributed by atoms with Gasteiger partial charge in [0.2, 0.25) is 5.91 Å². The predicted molar refractivity (Wildman–Crippen MR) is 92.6 cm³/mol. The van der Waals surface area contributed by atoms with E-state index in [0.29, 0.717) is 0 Å². The molecule has 0 fully saturated rings. The number of carbonyl (C=O) groups is 1. The Bertz CT molecular complexity index is 658. The van der Waals surface area contributed by atoms with Gasteiger partial charge in [-0.25, -0.2) is 0 Å². The predicted octanol–water partition coefficient (Wildman–Crippen LogP) is 4.38. The third-order valence-corrected chi connectivity index (χ3v) is 5.66. The van der Waals surface area contributed by atoms with E-state index in [9.17, 15) is 4.79 Å². The second kappa shape index (κ2) is 6.15. The number of rotatable bonds is 6. The Morgan fingerprint density at radius 1 is 1.23 bits per heavy atom. The van der Waals surface area contributed by atoms with Gasteiger partial charge in [-0.1, -0.05) is 52.8 Å². The van der Waals surface area contributed by atoms with Crippen LogP contribution in [0.2, 0.25) is 0 Å². The van der Waals surface area contributed by atoms with E-state index in [2.05, 4.69) is 68.8 Å². The van der Waals surface area contributed by atoms with Crippen LogP contribution in [0, 0.1) is 17.3 Å². The molecule has 2 aromatic rings. The lowest BCUT2D eigenvalue weighted by Gasteiger charge is -2.41. The third-order valence-electron chi connectivity index (χ3n) is 5.66. The van der Waals surface area contributed by atoms with Gasteiger partial charge in [0.1, 0.15) is 0 Å². The van der Waals surface area contributed by atoms with Crippen molar-refractivity contribution in [3.05, 3.63) is 36.5 Å². The van der Waals surface area contributed by atoms with Crippen molar-refractivity contribution in [2.45, 2.75) is 47.1 Å². The number of hydrogen-bond acceptors (Lipinski definition) is 1. The molecular weight excluding hydrogens is 272 g/mol. The number of hydrogen-bond donors (Lipinski definition) is 1. The van der Waals surface area contributed by atoms with E-state index in [1.54, 1.807) is 0 Å². The number of nitrogens with zero attached hydrogens (tertiary/aromatic N) is 1. The van der Waals surface area contributed by atoms with E-state index in [1.807, 2.05) is 6.92 Å². The molecule has 2 rings (SSSR count). The average molecular weight is 300 g/mol. The Labute approximate surface area is 133 Å². The van der Waals surface area contributed by atoms with Gasteiger partial charge < -0.3 is 10.3 Å². The fourth-order valence-electron chi connectivity index (χ4n) is 3.62.